The molecule has 0 saturated carbocycles. The van der Waals surface area contributed by atoms with Gasteiger partial charge in [-0.15, -0.1) is 0 Å². The third kappa shape index (κ3) is 5.14. The summed E-state index contributed by atoms with van der Waals surface area (Å²) in [6.45, 7) is 5.21. The molecule has 6 nitrogen and oxygen atoms in total. The number of anilines is 2. The van der Waals surface area contributed by atoms with Gasteiger partial charge in [-0.3, -0.25) is 0 Å². The number of rotatable bonds is 9. The van der Waals surface area contributed by atoms with E-state index in [1.54, 1.807) is 13.3 Å². The Hall–Kier alpha value is -2.54. The highest BCUT2D eigenvalue weighted by Crippen LogP contribution is 2.33. The van der Waals surface area contributed by atoms with E-state index in [0.717, 1.165) is 22.3 Å². The molecule has 0 unspecified atom stereocenters. The monoisotopic (exact) mass is 446 g/mol. The molecule has 2 aromatic heterocycles. The lowest BCUT2D eigenvalue weighted by molar-refractivity contribution is 0.210. The molecule has 0 atom stereocenters. The van der Waals surface area contributed by atoms with Gasteiger partial charge in [0.15, 0.2) is 0 Å². The van der Waals surface area contributed by atoms with E-state index in [-0.39, 0.29) is 6.61 Å². The third-order valence-corrected chi connectivity index (χ3v) is 5.11. The second-order valence-corrected chi connectivity index (χ2v) is 7.35. The van der Waals surface area contributed by atoms with Gasteiger partial charge in [-0.05, 0) is 32.2 Å². The van der Waals surface area contributed by atoms with Crippen molar-refractivity contribution in [3.05, 3.63) is 64.0 Å². The fraction of sp³-hybridized carbons (Fsp3) is 0.273. The Bertz CT molecular complexity index is 1060. The first-order valence-electron chi connectivity index (χ1n) is 9.51. The van der Waals surface area contributed by atoms with Crippen molar-refractivity contribution >= 4 is 45.6 Å². The minimum Gasteiger partial charge on any atom is -0.487 e. The fourth-order valence-electron chi connectivity index (χ4n) is 2.94. The number of methoxy groups -OCH3 is 1. The lowest BCUT2D eigenvalue weighted by atomic mass is 10.1. The van der Waals surface area contributed by atoms with Crippen molar-refractivity contribution in [1.29, 1.82) is 0 Å². The van der Waals surface area contributed by atoms with Gasteiger partial charge in [-0.1, -0.05) is 41.4 Å². The predicted octanol–water partition coefficient (Wildman–Crippen LogP) is 5.83. The quantitative estimate of drug-likeness (QED) is 0.403. The fourth-order valence-corrected chi connectivity index (χ4v) is 3.46. The Morgan fingerprint density at radius 2 is 2.07 bits per heavy atom. The summed E-state index contributed by atoms with van der Waals surface area (Å²) in [5.41, 5.74) is 3.27. The average Bonchev–Trinajstić information content (AvgIpc) is 2.73. The van der Waals surface area contributed by atoms with Crippen LogP contribution in [0.15, 0.2) is 42.7 Å². The largest absolute Gasteiger partial charge is 0.487 e. The second kappa shape index (κ2) is 10.5. The summed E-state index contributed by atoms with van der Waals surface area (Å²) in [6.07, 6.45) is 5.38. The van der Waals surface area contributed by atoms with Gasteiger partial charge in [0.05, 0.1) is 16.7 Å². The molecule has 0 aliphatic carbocycles. The number of para-hydroxylation sites is 1. The van der Waals surface area contributed by atoms with E-state index in [1.165, 1.54) is 0 Å². The first-order valence-corrected chi connectivity index (χ1v) is 10.3. The van der Waals surface area contributed by atoms with Crippen LogP contribution in [-0.4, -0.2) is 30.2 Å². The number of pyridine rings is 2. The Balaban J connectivity index is 1.89. The summed E-state index contributed by atoms with van der Waals surface area (Å²) in [4.78, 5) is 8.93. The maximum absolute atomic E-state index is 6.52. The van der Waals surface area contributed by atoms with Crippen LogP contribution < -0.4 is 15.4 Å². The topological polar surface area (TPSA) is 68.3 Å². The number of ether oxygens (including phenoxy) is 2. The molecular weight excluding hydrogens is 423 g/mol. The van der Waals surface area contributed by atoms with Crippen LogP contribution in [0.5, 0.6) is 5.75 Å². The van der Waals surface area contributed by atoms with Crippen LogP contribution in [0.4, 0.5) is 11.5 Å². The van der Waals surface area contributed by atoms with Crippen LogP contribution in [0, 0.1) is 6.92 Å². The molecule has 0 aliphatic heterocycles. The molecule has 0 saturated heterocycles. The molecule has 0 amide bonds. The number of nitrogens with one attached hydrogen (secondary N) is 2. The van der Waals surface area contributed by atoms with Crippen LogP contribution in [-0.2, 0) is 11.3 Å². The number of nitrogens with zero attached hydrogens (tertiary/aromatic N) is 2. The Morgan fingerprint density at radius 3 is 2.83 bits per heavy atom. The second-order valence-electron chi connectivity index (χ2n) is 6.56. The number of benzene rings is 1. The molecule has 0 bridgehead atoms. The summed E-state index contributed by atoms with van der Waals surface area (Å²) < 4.78 is 11.2. The van der Waals surface area contributed by atoms with Crippen molar-refractivity contribution in [2.75, 3.05) is 30.9 Å². The van der Waals surface area contributed by atoms with E-state index < -0.39 is 0 Å². The van der Waals surface area contributed by atoms with E-state index >= 15 is 0 Å². The summed E-state index contributed by atoms with van der Waals surface area (Å²) in [7, 11) is 1.64. The molecule has 8 heteroatoms. The first kappa shape index (κ1) is 22.2. The molecule has 3 rings (SSSR count). The van der Waals surface area contributed by atoms with Crippen molar-refractivity contribution in [2.24, 2.45) is 0 Å². The van der Waals surface area contributed by atoms with Gasteiger partial charge in [0.2, 0.25) is 0 Å². The van der Waals surface area contributed by atoms with E-state index in [4.69, 9.17) is 32.7 Å². The zero-order chi connectivity index (χ0) is 21.5. The zero-order valence-electron chi connectivity index (χ0n) is 17.1. The molecule has 2 heterocycles. The van der Waals surface area contributed by atoms with Crippen LogP contribution in [0.25, 0.3) is 10.9 Å². The number of allylic oxidation sites excluding steroid dienone is 1. The molecule has 30 heavy (non-hydrogen) atoms. The van der Waals surface area contributed by atoms with Crippen molar-refractivity contribution in [3.8, 4) is 5.75 Å². The lowest BCUT2D eigenvalue weighted by Gasteiger charge is -2.15. The van der Waals surface area contributed by atoms with Gasteiger partial charge in [0.1, 0.15) is 23.7 Å². The number of aryl methyl sites for hydroxylation is 1. The van der Waals surface area contributed by atoms with Crippen LogP contribution in [0.3, 0.4) is 0 Å². The molecule has 3 aromatic rings. The van der Waals surface area contributed by atoms with Crippen molar-refractivity contribution in [2.45, 2.75) is 20.5 Å². The van der Waals surface area contributed by atoms with Gasteiger partial charge >= 0.3 is 0 Å². The average molecular weight is 447 g/mol. The Kier molecular flexibility index (Phi) is 7.74. The van der Waals surface area contributed by atoms with Gasteiger partial charge in [-0.2, -0.15) is 0 Å². The first-order chi connectivity index (χ1) is 14.5. The van der Waals surface area contributed by atoms with Crippen molar-refractivity contribution < 1.29 is 9.47 Å². The number of fused-ring (bicyclic) bond motifs is 1. The Labute approximate surface area is 186 Å². The van der Waals surface area contributed by atoms with Gasteiger partial charge in [-0.25, -0.2) is 9.97 Å². The highest BCUT2D eigenvalue weighted by atomic mass is 35.5. The molecule has 0 aliphatic rings. The molecule has 0 fully saturated rings. The minimum atomic E-state index is 0.186. The Morgan fingerprint density at radius 1 is 1.23 bits per heavy atom. The highest BCUT2D eigenvalue weighted by molar-refractivity contribution is 6.37. The lowest BCUT2D eigenvalue weighted by Crippen LogP contribution is -2.10. The van der Waals surface area contributed by atoms with Gasteiger partial charge < -0.3 is 20.1 Å². The number of hydrogen-bond donors (Lipinski definition) is 2. The maximum atomic E-state index is 6.52. The van der Waals surface area contributed by atoms with Gasteiger partial charge in [0.25, 0.3) is 0 Å². The standard InChI is InChI=1S/C22H24Cl2N4O2/c1-4-8-25-18-11-14(2)28-21-15(18)6-5-7-19(21)30-13-16-17(23)12-27-22(20(16)24)26-9-10-29-3/h4-8,11-12H,9-10,13H2,1-3H3,(H,25,28)(H,26,27)/b8-4-. The zero-order valence-corrected chi connectivity index (χ0v) is 18.6. The minimum absolute atomic E-state index is 0.186. The highest BCUT2D eigenvalue weighted by Gasteiger charge is 2.15. The van der Waals surface area contributed by atoms with Gasteiger partial charge in [0, 0.05) is 42.2 Å². The van der Waals surface area contributed by atoms with Crippen LogP contribution in [0.2, 0.25) is 10.0 Å². The van der Waals surface area contributed by atoms with Crippen LogP contribution in [0.1, 0.15) is 18.2 Å². The molecule has 0 spiro atoms. The van der Waals surface area contributed by atoms with E-state index in [2.05, 4.69) is 20.6 Å². The summed E-state index contributed by atoms with van der Waals surface area (Å²) in [5.74, 6) is 1.19. The van der Waals surface area contributed by atoms with E-state index in [1.807, 2.05) is 50.4 Å². The summed E-state index contributed by atoms with van der Waals surface area (Å²) in [5, 5.41) is 8.25. The SMILES string of the molecule is C/C=C\Nc1cc(C)nc2c(OCc3c(Cl)cnc(NCCOC)c3Cl)cccc12. The van der Waals surface area contributed by atoms with Crippen LogP contribution >= 0.6 is 23.2 Å². The number of aromatic nitrogens is 2. The van der Waals surface area contributed by atoms with E-state index in [9.17, 15) is 0 Å². The molecular formula is C22H24Cl2N4O2. The summed E-state index contributed by atoms with van der Waals surface area (Å²) >= 11 is 12.9. The summed E-state index contributed by atoms with van der Waals surface area (Å²) in [6, 6.07) is 7.82. The molecule has 0 radical (unpaired) electrons. The molecule has 1 aromatic carbocycles. The maximum Gasteiger partial charge on any atom is 0.146 e. The van der Waals surface area contributed by atoms with E-state index in [0.29, 0.717) is 40.3 Å². The van der Waals surface area contributed by atoms with Crippen molar-refractivity contribution in [1.82, 2.24) is 9.97 Å². The predicted molar refractivity (Wildman–Crippen MR) is 124 cm³/mol. The number of halogens is 2. The number of hydrogen-bond acceptors (Lipinski definition) is 6. The normalized spacial score (nSPS) is 11.2. The third-order valence-electron chi connectivity index (χ3n) is 4.37. The van der Waals surface area contributed by atoms with Crippen molar-refractivity contribution in [3.63, 3.8) is 0 Å². The smallest absolute Gasteiger partial charge is 0.146 e. The molecule has 2 N–H and O–H groups in total. The molecule has 158 valence electrons.